The highest BCUT2D eigenvalue weighted by Crippen LogP contribution is 2.13. The molecule has 0 radical (unpaired) electrons. The normalized spacial score (nSPS) is 10.8. The number of carbonyl (C=O) groups is 2. The molecule has 32 heavy (non-hydrogen) atoms. The summed E-state index contributed by atoms with van der Waals surface area (Å²) in [5.41, 5.74) is 0. The van der Waals surface area contributed by atoms with Crippen molar-refractivity contribution in [2.24, 2.45) is 0 Å². The number of para-hydroxylation sites is 1. The fourth-order valence-corrected chi connectivity index (χ4v) is 3.76. The van der Waals surface area contributed by atoms with Crippen LogP contribution in [0.4, 0.5) is 0 Å². The molecule has 1 aromatic rings. The number of carbonyl (C=O) groups excluding carboxylic acids is 2. The molecule has 0 saturated carbocycles. The van der Waals surface area contributed by atoms with Crippen molar-refractivity contribution in [1.29, 1.82) is 0 Å². The number of ether oxygens (including phenoxy) is 2. The molecule has 4 heteroatoms. The maximum Gasteiger partial charge on any atom is 0.311 e. The van der Waals surface area contributed by atoms with Gasteiger partial charge < -0.3 is 9.47 Å². The van der Waals surface area contributed by atoms with Crippen molar-refractivity contribution in [1.82, 2.24) is 0 Å². The topological polar surface area (TPSA) is 52.6 Å². The van der Waals surface area contributed by atoms with E-state index in [0.29, 0.717) is 25.2 Å². The molecule has 0 heterocycles. The summed E-state index contributed by atoms with van der Waals surface area (Å²) in [6.45, 7) is 2.83. The number of esters is 2. The average Bonchev–Trinajstić information content (AvgIpc) is 2.80. The van der Waals surface area contributed by atoms with Crippen LogP contribution in [0.5, 0.6) is 5.75 Å². The Bertz CT molecular complexity index is 570. The Hall–Kier alpha value is -1.84. The highest BCUT2D eigenvalue weighted by Gasteiger charge is 2.05. The Morgan fingerprint density at radius 3 is 1.62 bits per heavy atom. The van der Waals surface area contributed by atoms with Gasteiger partial charge in [0.1, 0.15) is 5.75 Å². The third-order valence-electron chi connectivity index (χ3n) is 5.75. The van der Waals surface area contributed by atoms with Gasteiger partial charge in [-0.3, -0.25) is 9.59 Å². The summed E-state index contributed by atoms with van der Waals surface area (Å²) in [6, 6.07) is 9.20. The van der Waals surface area contributed by atoms with Crippen LogP contribution in [-0.2, 0) is 14.3 Å². The molecule has 0 aliphatic carbocycles. The third-order valence-corrected chi connectivity index (χ3v) is 5.75. The van der Waals surface area contributed by atoms with E-state index in [1.807, 2.05) is 18.2 Å². The summed E-state index contributed by atoms with van der Waals surface area (Å²) in [4.78, 5) is 23.6. The average molecular weight is 447 g/mol. The van der Waals surface area contributed by atoms with E-state index in [9.17, 15) is 9.59 Å². The fourth-order valence-electron chi connectivity index (χ4n) is 3.76. The molecular formula is C28H46O4. The fraction of sp³-hybridized carbons (Fsp3) is 0.714. The van der Waals surface area contributed by atoms with Crippen molar-refractivity contribution in [3.63, 3.8) is 0 Å². The molecule has 1 aromatic carbocycles. The molecule has 0 aliphatic rings. The standard InChI is InChI=1S/C28H46O4/c1-2-3-4-5-6-7-8-11-14-20-25-31-27(29)23-18-12-9-10-13-19-24-28(30)32-26-21-16-15-17-22-26/h15-17,21-22H,2-14,18-20,23-25H2,1H3. The van der Waals surface area contributed by atoms with Crippen LogP contribution in [0.2, 0.25) is 0 Å². The number of rotatable bonds is 21. The number of hydrogen-bond donors (Lipinski definition) is 0. The third kappa shape index (κ3) is 17.8. The van der Waals surface area contributed by atoms with Gasteiger partial charge in [-0.15, -0.1) is 0 Å². The molecular weight excluding hydrogens is 400 g/mol. The van der Waals surface area contributed by atoms with Gasteiger partial charge in [-0.25, -0.2) is 0 Å². The molecule has 0 N–H and O–H groups in total. The zero-order chi connectivity index (χ0) is 23.1. The van der Waals surface area contributed by atoms with E-state index in [1.165, 1.54) is 57.8 Å². The SMILES string of the molecule is CCCCCCCCCCCCOC(=O)CCCCCCCCC(=O)Oc1ccccc1. The van der Waals surface area contributed by atoms with Gasteiger partial charge >= 0.3 is 11.9 Å². The van der Waals surface area contributed by atoms with Crippen molar-refractivity contribution in [3.05, 3.63) is 30.3 Å². The highest BCUT2D eigenvalue weighted by molar-refractivity contribution is 5.72. The molecule has 0 aliphatic heterocycles. The Balaban J connectivity index is 1.79. The van der Waals surface area contributed by atoms with Crippen LogP contribution in [0.15, 0.2) is 30.3 Å². The molecule has 0 atom stereocenters. The van der Waals surface area contributed by atoms with Gasteiger partial charge in [-0.05, 0) is 31.4 Å². The van der Waals surface area contributed by atoms with E-state index in [4.69, 9.17) is 9.47 Å². The van der Waals surface area contributed by atoms with E-state index in [-0.39, 0.29) is 11.9 Å². The zero-order valence-electron chi connectivity index (χ0n) is 20.5. The maximum atomic E-state index is 11.8. The van der Waals surface area contributed by atoms with E-state index in [2.05, 4.69) is 6.92 Å². The van der Waals surface area contributed by atoms with Crippen molar-refractivity contribution in [3.8, 4) is 5.75 Å². The van der Waals surface area contributed by atoms with Crippen LogP contribution in [-0.4, -0.2) is 18.5 Å². The molecule has 0 unspecified atom stereocenters. The number of benzene rings is 1. The summed E-state index contributed by atoms with van der Waals surface area (Å²) in [7, 11) is 0. The Morgan fingerprint density at radius 2 is 1.06 bits per heavy atom. The van der Waals surface area contributed by atoms with Crippen LogP contribution in [0, 0.1) is 0 Å². The second kappa shape index (κ2) is 21.0. The van der Waals surface area contributed by atoms with E-state index < -0.39 is 0 Å². The largest absolute Gasteiger partial charge is 0.466 e. The van der Waals surface area contributed by atoms with Crippen LogP contribution < -0.4 is 4.74 Å². The molecule has 4 nitrogen and oxygen atoms in total. The predicted molar refractivity (Wildman–Crippen MR) is 132 cm³/mol. The van der Waals surface area contributed by atoms with Crippen molar-refractivity contribution >= 4 is 11.9 Å². The predicted octanol–water partition coefficient (Wildman–Crippen LogP) is 8.18. The van der Waals surface area contributed by atoms with E-state index in [1.54, 1.807) is 12.1 Å². The lowest BCUT2D eigenvalue weighted by atomic mass is 10.1. The van der Waals surface area contributed by atoms with Gasteiger partial charge in [0.15, 0.2) is 0 Å². The molecule has 0 amide bonds. The summed E-state index contributed by atoms with van der Waals surface area (Å²) in [5, 5.41) is 0. The minimum absolute atomic E-state index is 0.0513. The minimum Gasteiger partial charge on any atom is -0.466 e. The van der Waals surface area contributed by atoms with Crippen molar-refractivity contribution in [2.75, 3.05) is 6.61 Å². The van der Waals surface area contributed by atoms with E-state index >= 15 is 0 Å². The molecule has 182 valence electrons. The lowest BCUT2D eigenvalue weighted by Gasteiger charge is -2.06. The lowest BCUT2D eigenvalue weighted by molar-refractivity contribution is -0.144. The quantitative estimate of drug-likeness (QED) is 0.108. The second-order valence-electron chi connectivity index (χ2n) is 8.81. The van der Waals surface area contributed by atoms with Crippen LogP contribution >= 0.6 is 0 Å². The Morgan fingerprint density at radius 1 is 0.594 bits per heavy atom. The molecule has 0 aromatic heterocycles. The van der Waals surface area contributed by atoms with Gasteiger partial charge in [-0.2, -0.15) is 0 Å². The van der Waals surface area contributed by atoms with Gasteiger partial charge in [0.2, 0.25) is 0 Å². The van der Waals surface area contributed by atoms with Crippen LogP contribution in [0.1, 0.15) is 122 Å². The van der Waals surface area contributed by atoms with Gasteiger partial charge in [0.25, 0.3) is 0 Å². The molecule has 0 saturated heterocycles. The first kappa shape index (κ1) is 28.2. The van der Waals surface area contributed by atoms with Crippen LogP contribution in [0.25, 0.3) is 0 Å². The molecule has 0 bridgehead atoms. The minimum atomic E-state index is -0.165. The second-order valence-corrected chi connectivity index (χ2v) is 8.81. The number of unbranched alkanes of at least 4 members (excludes halogenated alkanes) is 14. The van der Waals surface area contributed by atoms with Gasteiger partial charge in [0, 0.05) is 12.8 Å². The first-order chi connectivity index (χ1) is 15.7. The van der Waals surface area contributed by atoms with Gasteiger partial charge in [-0.1, -0.05) is 109 Å². The maximum absolute atomic E-state index is 11.8. The first-order valence-electron chi connectivity index (χ1n) is 13.1. The first-order valence-corrected chi connectivity index (χ1v) is 13.1. The Labute approximate surface area is 196 Å². The summed E-state index contributed by atoms with van der Waals surface area (Å²) < 4.78 is 10.6. The summed E-state index contributed by atoms with van der Waals surface area (Å²) >= 11 is 0. The molecule has 0 fully saturated rings. The van der Waals surface area contributed by atoms with E-state index in [0.717, 1.165) is 44.9 Å². The zero-order valence-corrected chi connectivity index (χ0v) is 20.5. The van der Waals surface area contributed by atoms with Crippen molar-refractivity contribution < 1.29 is 19.1 Å². The molecule has 1 rings (SSSR count). The highest BCUT2D eigenvalue weighted by atomic mass is 16.5. The Kier molecular flexibility index (Phi) is 18.5. The summed E-state index contributed by atoms with van der Waals surface area (Å²) in [6.07, 6.45) is 19.9. The van der Waals surface area contributed by atoms with Crippen molar-refractivity contribution in [2.45, 2.75) is 122 Å². The summed E-state index contributed by atoms with van der Waals surface area (Å²) in [5.74, 6) is 0.392. The lowest BCUT2D eigenvalue weighted by Crippen LogP contribution is -2.07. The monoisotopic (exact) mass is 446 g/mol. The molecule has 0 spiro atoms. The smallest absolute Gasteiger partial charge is 0.311 e. The van der Waals surface area contributed by atoms with Gasteiger partial charge in [0.05, 0.1) is 6.61 Å². The number of hydrogen-bond acceptors (Lipinski definition) is 4. The van der Waals surface area contributed by atoms with Crippen LogP contribution in [0.3, 0.4) is 0 Å².